The summed E-state index contributed by atoms with van der Waals surface area (Å²) < 4.78 is 0. The standard InChI is InChI=1S/C20H18Cl2N2/c1-13-8-20(24-6-2-3-7-24)18-5-4-14(11-19(18)23-13)15-9-16(21)12-17(22)10-15/h4-5,8-12H,2-3,6-7H2,1H3. The summed E-state index contributed by atoms with van der Waals surface area (Å²) >= 11 is 12.3. The van der Waals surface area contributed by atoms with Gasteiger partial charge in [-0.25, -0.2) is 0 Å². The van der Waals surface area contributed by atoms with Crippen LogP contribution in [0, 0.1) is 6.92 Å². The molecular weight excluding hydrogens is 339 g/mol. The molecule has 1 aromatic heterocycles. The minimum Gasteiger partial charge on any atom is -0.371 e. The maximum Gasteiger partial charge on any atom is 0.0732 e. The minimum atomic E-state index is 0.646. The lowest BCUT2D eigenvalue weighted by atomic mass is 10.0. The molecule has 1 saturated heterocycles. The first-order valence-electron chi connectivity index (χ1n) is 8.23. The second kappa shape index (κ2) is 6.27. The number of rotatable bonds is 2. The molecule has 4 heteroatoms. The van der Waals surface area contributed by atoms with Crippen LogP contribution in [0.1, 0.15) is 18.5 Å². The molecule has 0 aliphatic carbocycles. The molecule has 0 radical (unpaired) electrons. The second-order valence-corrected chi connectivity index (χ2v) is 7.24. The quantitative estimate of drug-likeness (QED) is 0.549. The van der Waals surface area contributed by atoms with Gasteiger partial charge in [-0.1, -0.05) is 35.3 Å². The molecule has 1 aliphatic heterocycles. The van der Waals surface area contributed by atoms with E-state index in [0.717, 1.165) is 35.4 Å². The van der Waals surface area contributed by atoms with E-state index in [1.54, 1.807) is 6.07 Å². The molecule has 2 heterocycles. The lowest BCUT2D eigenvalue weighted by Gasteiger charge is -2.20. The predicted molar refractivity (Wildman–Crippen MR) is 103 cm³/mol. The number of nitrogens with zero attached hydrogens (tertiary/aromatic N) is 2. The fourth-order valence-corrected chi connectivity index (χ4v) is 3.98. The van der Waals surface area contributed by atoms with Crippen molar-refractivity contribution in [2.75, 3.05) is 18.0 Å². The zero-order valence-corrected chi connectivity index (χ0v) is 15.0. The molecule has 0 N–H and O–H groups in total. The second-order valence-electron chi connectivity index (χ2n) is 6.37. The highest BCUT2D eigenvalue weighted by atomic mass is 35.5. The van der Waals surface area contributed by atoms with Crippen LogP contribution in [0.25, 0.3) is 22.0 Å². The molecular formula is C20H18Cl2N2. The normalized spacial score (nSPS) is 14.5. The number of aromatic nitrogens is 1. The average Bonchev–Trinajstić information content (AvgIpc) is 3.06. The molecule has 0 saturated carbocycles. The first-order valence-corrected chi connectivity index (χ1v) is 8.98. The van der Waals surface area contributed by atoms with Crippen LogP contribution in [-0.4, -0.2) is 18.1 Å². The number of fused-ring (bicyclic) bond motifs is 1. The van der Waals surface area contributed by atoms with Gasteiger partial charge >= 0.3 is 0 Å². The molecule has 2 nitrogen and oxygen atoms in total. The van der Waals surface area contributed by atoms with Crippen molar-refractivity contribution in [3.8, 4) is 11.1 Å². The van der Waals surface area contributed by atoms with Crippen molar-refractivity contribution in [2.45, 2.75) is 19.8 Å². The third-order valence-corrected chi connectivity index (χ3v) is 5.00. The maximum absolute atomic E-state index is 6.15. The summed E-state index contributed by atoms with van der Waals surface area (Å²) in [5.41, 5.74) is 5.46. The molecule has 1 aliphatic rings. The topological polar surface area (TPSA) is 16.1 Å². The van der Waals surface area contributed by atoms with Gasteiger partial charge in [0.05, 0.1) is 5.52 Å². The first kappa shape index (κ1) is 15.7. The fourth-order valence-electron chi connectivity index (χ4n) is 3.46. The highest BCUT2D eigenvalue weighted by Crippen LogP contribution is 2.33. The van der Waals surface area contributed by atoms with Crippen LogP contribution in [-0.2, 0) is 0 Å². The Morgan fingerprint density at radius 2 is 1.58 bits per heavy atom. The van der Waals surface area contributed by atoms with Gasteiger partial charge in [-0.3, -0.25) is 4.98 Å². The van der Waals surface area contributed by atoms with Crippen molar-refractivity contribution in [1.29, 1.82) is 0 Å². The lowest BCUT2D eigenvalue weighted by molar-refractivity contribution is 0.949. The summed E-state index contributed by atoms with van der Waals surface area (Å²) in [6, 6.07) is 14.2. The molecule has 2 aromatic carbocycles. The molecule has 24 heavy (non-hydrogen) atoms. The third kappa shape index (κ3) is 2.97. The zero-order valence-electron chi connectivity index (χ0n) is 13.5. The summed E-state index contributed by atoms with van der Waals surface area (Å²) in [6.45, 7) is 4.32. The van der Waals surface area contributed by atoms with Crippen LogP contribution in [0.5, 0.6) is 0 Å². The van der Waals surface area contributed by atoms with Crippen LogP contribution in [0.2, 0.25) is 10.0 Å². The number of hydrogen-bond acceptors (Lipinski definition) is 2. The van der Waals surface area contributed by atoms with E-state index in [2.05, 4.69) is 36.1 Å². The molecule has 0 atom stereocenters. The maximum atomic E-state index is 6.15. The van der Waals surface area contributed by atoms with Crippen LogP contribution in [0.15, 0.2) is 42.5 Å². The Morgan fingerprint density at radius 3 is 2.29 bits per heavy atom. The highest BCUT2D eigenvalue weighted by molar-refractivity contribution is 6.35. The minimum absolute atomic E-state index is 0.646. The highest BCUT2D eigenvalue weighted by Gasteiger charge is 2.16. The first-order chi connectivity index (χ1) is 11.6. The Balaban J connectivity index is 1.86. The van der Waals surface area contributed by atoms with E-state index in [4.69, 9.17) is 28.2 Å². The lowest BCUT2D eigenvalue weighted by Crippen LogP contribution is -2.18. The molecule has 0 amide bonds. The number of benzene rings is 2. The summed E-state index contributed by atoms with van der Waals surface area (Å²) in [6.07, 6.45) is 2.53. The van der Waals surface area contributed by atoms with Crippen LogP contribution in [0.4, 0.5) is 5.69 Å². The smallest absolute Gasteiger partial charge is 0.0732 e. The fraction of sp³-hybridized carbons (Fsp3) is 0.250. The zero-order chi connectivity index (χ0) is 16.7. The van der Waals surface area contributed by atoms with E-state index in [9.17, 15) is 0 Å². The molecule has 0 spiro atoms. The Labute approximate surface area is 152 Å². The molecule has 3 aromatic rings. The van der Waals surface area contributed by atoms with E-state index in [-0.39, 0.29) is 0 Å². The van der Waals surface area contributed by atoms with Crippen LogP contribution >= 0.6 is 23.2 Å². The van der Waals surface area contributed by atoms with Crippen molar-refractivity contribution in [3.63, 3.8) is 0 Å². The van der Waals surface area contributed by atoms with E-state index in [0.29, 0.717) is 10.0 Å². The van der Waals surface area contributed by atoms with Crippen LogP contribution in [0.3, 0.4) is 0 Å². The monoisotopic (exact) mass is 356 g/mol. The Hall–Kier alpha value is -1.77. The molecule has 0 bridgehead atoms. The number of anilines is 1. The van der Waals surface area contributed by atoms with E-state index in [1.807, 2.05) is 12.1 Å². The number of halogens is 2. The van der Waals surface area contributed by atoms with Gasteiger partial charge in [0.25, 0.3) is 0 Å². The predicted octanol–water partition coefficient (Wildman–Crippen LogP) is 6.12. The van der Waals surface area contributed by atoms with Crippen molar-refractivity contribution >= 4 is 39.8 Å². The van der Waals surface area contributed by atoms with Gasteiger partial charge < -0.3 is 4.90 Å². The van der Waals surface area contributed by atoms with Gasteiger partial charge in [-0.2, -0.15) is 0 Å². The summed E-state index contributed by atoms with van der Waals surface area (Å²) in [5.74, 6) is 0. The van der Waals surface area contributed by atoms with Crippen molar-refractivity contribution in [3.05, 3.63) is 58.2 Å². The van der Waals surface area contributed by atoms with E-state index in [1.165, 1.54) is 23.9 Å². The summed E-state index contributed by atoms with van der Waals surface area (Å²) in [4.78, 5) is 7.21. The molecule has 0 unspecified atom stereocenters. The van der Waals surface area contributed by atoms with Crippen molar-refractivity contribution in [2.24, 2.45) is 0 Å². The van der Waals surface area contributed by atoms with Crippen molar-refractivity contribution < 1.29 is 0 Å². The number of aryl methyl sites for hydroxylation is 1. The molecule has 1 fully saturated rings. The van der Waals surface area contributed by atoms with Gasteiger partial charge in [0.2, 0.25) is 0 Å². The number of hydrogen-bond donors (Lipinski definition) is 0. The van der Waals surface area contributed by atoms with Gasteiger partial charge in [0.15, 0.2) is 0 Å². The van der Waals surface area contributed by atoms with Gasteiger partial charge in [0, 0.05) is 39.9 Å². The van der Waals surface area contributed by atoms with Gasteiger partial charge in [-0.05, 0) is 61.2 Å². The summed E-state index contributed by atoms with van der Waals surface area (Å²) in [5, 5.41) is 2.50. The average molecular weight is 357 g/mol. The van der Waals surface area contributed by atoms with E-state index >= 15 is 0 Å². The number of pyridine rings is 1. The van der Waals surface area contributed by atoms with Crippen LogP contribution < -0.4 is 4.90 Å². The van der Waals surface area contributed by atoms with Gasteiger partial charge in [0.1, 0.15) is 0 Å². The SMILES string of the molecule is Cc1cc(N2CCCC2)c2ccc(-c3cc(Cl)cc(Cl)c3)cc2n1. The Kier molecular flexibility index (Phi) is 4.11. The van der Waals surface area contributed by atoms with Crippen molar-refractivity contribution in [1.82, 2.24) is 4.98 Å². The summed E-state index contributed by atoms with van der Waals surface area (Å²) in [7, 11) is 0. The van der Waals surface area contributed by atoms with E-state index < -0.39 is 0 Å². The Morgan fingerprint density at radius 1 is 0.875 bits per heavy atom. The Bertz CT molecular complexity index is 895. The molecule has 4 rings (SSSR count). The largest absolute Gasteiger partial charge is 0.371 e. The third-order valence-electron chi connectivity index (χ3n) is 4.56. The van der Waals surface area contributed by atoms with Gasteiger partial charge in [-0.15, -0.1) is 0 Å². The molecule has 122 valence electrons.